The molecule has 0 spiro atoms. The third kappa shape index (κ3) is 23.2. The van der Waals surface area contributed by atoms with Crippen molar-refractivity contribution in [2.24, 2.45) is 11.8 Å². The van der Waals surface area contributed by atoms with Crippen LogP contribution in [0.5, 0.6) is 0 Å². The van der Waals surface area contributed by atoms with Crippen molar-refractivity contribution in [3.8, 4) is 29.3 Å². The van der Waals surface area contributed by atoms with E-state index in [1.807, 2.05) is 45.3 Å². The molecule has 0 bridgehead atoms. The van der Waals surface area contributed by atoms with Crippen LogP contribution in [0.4, 0.5) is 0 Å². The van der Waals surface area contributed by atoms with Crippen LogP contribution in [0.2, 0.25) is 0 Å². The number of fused-ring (bicyclic) bond motifs is 1. The molecule has 8 rings (SSSR count). The van der Waals surface area contributed by atoms with Crippen LogP contribution in [0.15, 0.2) is 59.7 Å². The van der Waals surface area contributed by atoms with Gasteiger partial charge < -0.3 is 9.80 Å². The first-order chi connectivity index (χ1) is 50.9. The lowest BCUT2D eigenvalue weighted by atomic mass is 9.65. The Kier molecular flexibility index (Phi) is 35.8. The summed E-state index contributed by atoms with van der Waals surface area (Å²) in [6.45, 7) is 44.0. The Balaban J connectivity index is 1.22. The molecule has 0 aromatic carbocycles. The van der Waals surface area contributed by atoms with Gasteiger partial charge in [-0.25, -0.2) is 0 Å². The van der Waals surface area contributed by atoms with E-state index in [0.717, 1.165) is 105 Å². The summed E-state index contributed by atoms with van der Waals surface area (Å²) < 4.78 is 0. The number of carbonyl (C=O) groups excluding carboxylic acids is 2. The van der Waals surface area contributed by atoms with Crippen molar-refractivity contribution < 1.29 is 9.59 Å². The molecule has 2 aliphatic heterocycles. The molecule has 0 saturated carbocycles. The Labute approximate surface area is 673 Å². The SMILES string of the molecule is CCCCCCCCCCCCc1cc(-c2ccc(C(C)(C)C(C)(C)c3sc(C4=C5C(=O)N(CC(CC)CCCC)C(c6cc(CCCCCC)c(-c7ccc(C(C)(C)C)s7)s6)=C5C(=O)N4CC(CC)CCCC)cc3CCCCCC)s2)sc1-c1sc(C(C)(C)C)cc1CCCCCCCCCCCC. The smallest absolute Gasteiger partial charge is 0.261 e. The van der Waals surface area contributed by atoms with Gasteiger partial charge in [-0.1, -0.05) is 317 Å². The minimum absolute atomic E-state index is 0.0329. The number of unbranched alkanes of at least 4 members (excludes halogenated alkanes) is 26. The van der Waals surface area contributed by atoms with Crippen LogP contribution in [0.25, 0.3) is 40.7 Å². The lowest BCUT2D eigenvalue weighted by molar-refractivity contribution is -0.124. The minimum atomic E-state index is -0.312. The van der Waals surface area contributed by atoms with Crippen molar-refractivity contribution >= 4 is 91.2 Å². The predicted molar refractivity (Wildman–Crippen MR) is 477 cm³/mol. The van der Waals surface area contributed by atoms with E-state index < -0.39 is 0 Å². The van der Waals surface area contributed by atoms with Crippen molar-refractivity contribution in [3.63, 3.8) is 0 Å². The lowest BCUT2D eigenvalue weighted by Crippen LogP contribution is -2.39. The first kappa shape index (κ1) is 88.2. The van der Waals surface area contributed by atoms with Gasteiger partial charge in [-0.15, -0.1) is 68.0 Å². The maximum Gasteiger partial charge on any atom is 0.261 e. The molecule has 2 amide bonds. The summed E-state index contributed by atoms with van der Waals surface area (Å²) in [6.07, 6.45) is 49.6. The maximum atomic E-state index is 16.5. The van der Waals surface area contributed by atoms with E-state index in [0.29, 0.717) is 36.1 Å². The number of aryl methyl sites for hydroxylation is 4. The average Bonchev–Trinajstić information content (AvgIpc) is 1.55. The third-order valence-electron chi connectivity index (χ3n) is 24.2. The number of hydrogen-bond donors (Lipinski definition) is 0. The molecule has 2 unspecified atom stereocenters. The zero-order valence-corrected chi connectivity index (χ0v) is 75.5. The Hall–Kier alpha value is -3.38. The summed E-state index contributed by atoms with van der Waals surface area (Å²) >= 11 is 11.9. The second-order valence-electron chi connectivity index (χ2n) is 35.5. The number of nitrogens with zero attached hydrogens (tertiary/aromatic N) is 2. The van der Waals surface area contributed by atoms with E-state index in [1.165, 1.54) is 224 Å². The molecule has 6 aromatic rings. The van der Waals surface area contributed by atoms with Crippen molar-refractivity contribution in [1.82, 2.24) is 9.80 Å². The highest BCUT2D eigenvalue weighted by atomic mass is 32.1. The van der Waals surface area contributed by atoms with Crippen LogP contribution in [0, 0.1) is 11.8 Å². The Morgan fingerprint density at radius 2 is 0.660 bits per heavy atom. The highest BCUT2D eigenvalue weighted by molar-refractivity contribution is 7.27. The zero-order chi connectivity index (χ0) is 76.6. The van der Waals surface area contributed by atoms with Crippen molar-refractivity contribution in [1.29, 1.82) is 0 Å². The molecule has 6 aromatic heterocycles. The molecule has 0 aliphatic carbocycles. The van der Waals surface area contributed by atoms with E-state index in [9.17, 15) is 0 Å². The molecule has 0 radical (unpaired) electrons. The van der Waals surface area contributed by atoms with Crippen molar-refractivity contribution in [2.75, 3.05) is 13.1 Å². The Morgan fingerprint density at radius 1 is 0.311 bits per heavy atom. The molecule has 590 valence electrons. The molecule has 2 atom stereocenters. The maximum absolute atomic E-state index is 16.5. The average molecular weight is 1550 g/mol. The molecule has 0 N–H and O–H groups in total. The first-order valence-electron chi connectivity index (χ1n) is 43.8. The fourth-order valence-corrected chi connectivity index (χ4v) is 24.3. The lowest BCUT2D eigenvalue weighted by Gasteiger charge is -2.41. The van der Waals surface area contributed by atoms with Gasteiger partial charge in [-0.05, 0) is 158 Å². The largest absolute Gasteiger partial charge is 0.306 e. The van der Waals surface area contributed by atoms with Gasteiger partial charge in [-0.2, -0.15) is 0 Å². The van der Waals surface area contributed by atoms with Crippen molar-refractivity contribution in [3.05, 3.63) is 111 Å². The van der Waals surface area contributed by atoms with Gasteiger partial charge in [0.1, 0.15) is 0 Å². The normalized spacial score (nSPS) is 14.6. The highest BCUT2D eigenvalue weighted by Crippen LogP contribution is 2.57. The van der Waals surface area contributed by atoms with Gasteiger partial charge in [0.25, 0.3) is 11.8 Å². The van der Waals surface area contributed by atoms with Crippen molar-refractivity contribution in [2.45, 2.75) is 403 Å². The molecule has 0 saturated heterocycles. The van der Waals surface area contributed by atoms with E-state index >= 15 is 9.59 Å². The standard InChI is InChI=1S/C96H148N2O2S6/c1-19-27-33-37-39-41-43-45-47-51-56-72-63-77(103-88(72)89-73(66-82(106-89)94(12,13)14)57-52-48-46-44-42-40-38-34-28-20-2)75-59-62-81(101-75)95(15,16)96(17,18)90-74(58-50-36-30-22-4)65-79(105-90)86-84-83(91(99)98(86)68-70(26-8)54-32-24-6)85(97(92(84)100)67-69(25-7)53-31-23-5)78-64-71(55-49-35-29-21-3)87(104-78)76-60-61-80(102-76)93(9,10)11/h59-66,69-70H,19-58,67-68H2,1-18H3. The molecule has 106 heavy (non-hydrogen) atoms. The number of thiophene rings is 6. The van der Waals surface area contributed by atoms with Crippen LogP contribution in [0.1, 0.15) is 407 Å². The number of carbonyl (C=O) groups is 2. The predicted octanol–water partition coefficient (Wildman–Crippen LogP) is 32.3. The number of hydrogen-bond acceptors (Lipinski definition) is 8. The molecule has 0 fully saturated rings. The first-order valence-corrected chi connectivity index (χ1v) is 48.7. The summed E-state index contributed by atoms with van der Waals surface area (Å²) in [6, 6.07) is 19.9. The van der Waals surface area contributed by atoms with E-state index in [2.05, 4.69) is 206 Å². The Morgan fingerprint density at radius 3 is 1.10 bits per heavy atom. The minimum Gasteiger partial charge on any atom is -0.306 e. The zero-order valence-electron chi connectivity index (χ0n) is 70.6. The molecule has 8 heterocycles. The van der Waals surface area contributed by atoms with Crippen LogP contribution >= 0.6 is 68.0 Å². The monoisotopic (exact) mass is 1550 g/mol. The van der Waals surface area contributed by atoms with Crippen LogP contribution in [-0.4, -0.2) is 34.7 Å². The highest BCUT2D eigenvalue weighted by Gasteiger charge is 2.51. The van der Waals surface area contributed by atoms with E-state index in [1.54, 1.807) is 20.9 Å². The fraction of sp³-hybridized carbons (Fsp3) is 0.688. The third-order valence-corrected chi connectivity index (χ3v) is 33.1. The fourth-order valence-electron chi connectivity index (χ4n) is 16.3. The quantitative estimate of drug-likeness (QED) is 0.0357. The van der Waals surface area contributed by atoms with Gasteiger partial charge >= 0.3 is 0 Å². The molecule has 2 aliphatic rings. The summed E-state index contributed by atoms with van der Waals surface area (Å²) in [5, 5.41) is 0. The number of rotatable bonds is 52. The molecular weight excluding hydrogens is 1410 g/mol. The summed E-state index contributed by atoms with van der Waals surface area (Å²) in [7, 11) is 0. The topological polar surface area (TPSA) is 40.6 Å². The molecule has 10 heteroatoms. The van der Waals surface area contributed by atoms with Gasteiger partial charge in [0, 0.05) is 72.7 Å². The van der Waals surface area contributed by atoms with Gasteiger partial charge in [0.05, 0.1) is 32.3 Å². The van der Waals surface area contributed by atoms with Gasteiger partial charge in [0.15, 0.2) is 0 Å². The Bertz CT molecular complexity index is 3690. The van der Waals surface area contributed by atoms with Crippen LogP contribution in [-0.2, 0) is 56.9 Å². The summed E-state index contributed by atoms with van der Waals surface area (Å²) in [5.74, 6) is 0.713. The van der Waals surface area contributed by atoms with Crippen LogP contribution < -0.4 is 0 Å². The van der Waals surface area contributed by atoms with E-state index in [4.69, 9.17) is 0 Å². The summed E-state index contributed by atoms with van der Waals surface area (Å²) in [4.78, 5) is 53.7. The summed E-state index contributed by atoms with van der Waals surface area (Å²) in [5.41, 5.74) is 8.57. The van der Waals surface area contributed by atoms with Crippen LogP contribution in [0.3, 0.4) is 0 Å². The molecule has 4 nitrogen and oxygen atoms in total. The number of amides is 2. The van der Waals surface area contributed by atoms with Gasteiger partial charge in [-0.3, -0.25) is 9.59 Å². The second kappa shape index (κ2) is 43.0. The second-order valence-corrected chi connectivity index (χ2v) is 41.9. The molecular formula is C96H148N2O2S6. The van der Waals surface area contributed by atoms with E-state index in [-0.39, 0.29) is 33.5 Å². The van der Waals surface area contributed by atoms with Gasteiger partial charge in [0.2, 0.25) is 0 Å².